The Kier molecular flexibility index (Phi) is 9.40. The molecule has 0 atom stereocenters. The van der Waals surface area contributed by atoms with E-state index < -0.39 is 0 Å². The van der Waals surface area contributed by atoms with Gasteiger partial charge in [0, 0.05) is 32.1 Å². The predicted octanol–water partition coefficient (Wildman–Crippen LogP) is 18.9. The number of hydrogen-bond donors (Lipinski definition) is 0. The second-order valence-corrected chi connectivity index (χ2v) is 18.3. The molecular weight excluding hydrogens is 831 g/mol. The van der Waals surface area contributed by atoms with Crippen LogP contribution in [0.1, 0.15) is 0 Å². The Morgan fingerprint density at radius 3 is 1.57 bits per heavy atom. The summed E-state index contributed by atoms with van der Waals surface area (Å²) in [7, 11) is 0. The Bertz CT molecular complexity index is 3950. The molecule has 0 aliphatic heterocycles. The van der Waals surface area contributed by atoms with Crippen LogP contribution in [0.2, 0.25) is 0 Å². The molecule has 0 amide bonds. The van der Waals surface area contributed by atoms with Gasteiger partial charge in [-0.25, -0.2) is 0 Å². The molecule has 2 heterocycles. The molecule has 13 rings (SSSR count). The Hall–Kier alpha value is -8.50. The second kappa shape index (κ2) is 16.2. The highest BCUT2D eigenvalue weighted by Crippen LogP contribution is 2.50. The fraction of sp³-hybridized carbons (Fsp3) is 0. The summed E-state index contributed by atoms with van der Waals surface area (Å²) in [5.41, 5.74) is 16.6. The van der Waals surface area contributed by atoms with Crippen molar-refractivity contribution in [2.75, 3.05) is 4.90 Å². The maximum Gasteiger partial charge on any atom is 0.145 e. The summed E-state index contributed by atoms with van der Waals surface area (Å²) < 4.78 is 9.56. The Balaban J connectivity index is 0.993. The monoisotopic (exact) mass is 871 g/mol. The summed E-state index contributed by atoms with van der Waals surface area (Å²) in [4.78, 5) is 2.46. The Labute approximate surface area is 392 Å². The van der Waals surface area contributed by atoms with Crippen LogP contribution in [0.4, 0.5) is 17.1 Å². The minimum atomic E-state index is 0.858. The molecule has 0 fully saturated rings. The summed E-state index contributed by atoms with van der Waals surface area (Å²) >= 11 is 1.86. The van der Waals surface area contributed by atoms with E-state index in [1.54, 1.807) is 0 Å². The molecule has 0 N–H and O–H groups in total. The van der Waals surface area contributed by atoms with E-state index in [0.717, 1.165) is 66.8 Å². The van der Waals surface area contributed by atoms with E-state index in [4.69, 9.17) is 4.42 Å². The van der Waals surface area contributed by atoms with Crippen LogP contribution >= 0.6 is 11.3 Å². The van der Waals surface area contributed by atoms with E-state index >= 15 is 0 Å². The number of furan rings is 1. The number of thiophene rings is 1. The van der Waals surface area contributed by atoms with E-state index in [-0.39, 0.29) is 0 Å². The molecule has 0 spiro atoms. The fourth-order valence-corrected chi connectivity index (χ4v) is 11.2. The molecule has 67 heavy (non-hydrogen) atoms. The molecule has 314 valence electrons. The number of nitrogens with zero attached hydrogens (tertiary/aromatic N) is 1. The van der Waals surface area contributed by atoms with E-state index in [9.17, 15) is 0 Å². The Morgan fingerprint density at radius 2 is 0.866 bits per heavy atom. The Morgan fingerprint density at radius 1 is 0.328 bits per heavy atom. The van der Waals surface area contributed by atoms with Gasteiger partial charge >= 0.3 is 0 Å². The van der Waals surface area contributed by atoms with Crippen molar-refractivity contribution in [3.05, 3.63) is 249 Å². The number of rotatable bonds is 8. The smallest absolute Gasteiger partial charge is 0.145 e. The van der Waals surface area contributed by atoms with Crippen molar-refractivity contribution in [3.63, 3.8) is 0 Å². The highest BCUT2D eigenvalue weighted by atomic mass is 32.1. The van der Waals surface area contributed by atoms with Crippen molar-refractivity contribution in [1.82, 2.24) is 0 Å². The highest BCUT2D eigenvalue weighted by molar-refractivity contribution is 7.26. The van der Waals surface area contributed by atoms with Gasteiger partial charge in [0.15, 0.2) is 0 Å². The van der Waals surface area contributed by atoms with Crippen LogP contribution < -0.4 is 4.90 Å². The standard InChI is InChI=1S/C64H41NOS/c1-4-13-42(14-5-1)51-32-36-57-60(40-51)66-63-54(48-18-8-3-9-19-48)37-38-58(62(57)63)65(59-22-12-21-56-55-35-31-52(41-61(55)67-64(56)59)43-15-6-2-7-16-43)53-33-29-46(30-34-53)45-23-25-47(26-24-45)50-28-27-44-17-10-11-20-49(44)39-50/h1-41H. The molecule has 0 bridgehead atoms. The van der Waals surface area contributed by atoms with Crippen LogP contribution in [0.3, 0.4) is 0 Å². The molecule has 2 aromatic heterocycles. The van der Waals surface area contributed by atoms with E-state index in [2.05, 4.69) is 254 Å². The maximum absolute atomic E-state index is 7.07. The number of hydrogen-bond acceptors (Lipinski definition) is 3. The van der Waals surface area contributed by atoms with E-state index in [1.807, 2.05) is 11.3 Å². The average Bonchev–Trinajstić information content (AvgIpc) is 3.98. The van der Waals surface area contributed by atoms with Gasteiger partial charge in [-0.15, -0.1) is 11.3 Å². The minimum Gasteiger partial charge on any atom is -0.455 e. The molecule has 0 aliphatic rings. The van der Waals surface area contributed by atoms with Crippen LogP contribution in [0.5, 0.6) is 0 Å². The first-order valence-corrected chi connectivity index (χ1v) is 23.6. The van der Waals surface area contributed by atoms with Gasteiger partial charge in [0.05, 0.1) is 21.5 Å². The highest BCUT2D eigenvalue weighted by Gasteiger charge is 2.25. The van der Waals surface area contributed by atoms with Gasteiger partial charge in [-0.05, 0) is 115 Å². The van der Waals surface area contributed by atoms with Gasteiger partial charge in [0.1, 0.15) is 11.2 Å². The third kappa shape index (κ3) is 6.88. The van der Waals surface area contributed by atoms with Crippen molar-refractivity contribution in [2.45, 2.75) is 0 Å². The summed E-state index contributed by atoms with van der Waals surface area (Å²) in [5.74, 6) is 0. The van der Waals surface area contributed by atoms with Gasteiger partial charge in [-0.3, -0.25) is 0 Å². The first-order valence-electron chi connectivity index (χ1n) is 22.8. The average molecular weight is 872 g/mol. The topological polar surface area (TPSA) is 16.4 Å². The van der Waals surface area contributed by atoms with Crippen LogP contribution in [-0.4, -0.2) is 0 Å². The van der Waals surface area contributed by atoms with Crippen molar-refractivity contribution in [3.8, 4) is 55.6 Å². The molecule has 0 radical (unpaired) electrons. The molecular formula is C64H41NOS. The quantitative estimate of drug-likeness (QED) is 0.151. The van der Waals surface area contributed by atoms with Crippen molar-refractivity contribution < 1.29 is 4.42 Å². The second-order valence-electron chi connectivity index (χ2n) is 17.2. The van der Waals surface area contributed by atoms with Gasteiger partial charge < -0.3 is 9.32 Å². The summed E-state index contributed by atoms with van der Waals surface area (Å²) in [5, 5.41) is 7.16. The molecule has 0 unspecified atom stereocenters. The van der Waals surface area contributed by atoms with Crippen molar-refractivity contribution in [1.29, 1.82) is 0 Å². The van der Waals surface area contributed by atoms with Gasteiger partial charge in [0.2, 0.25) is 0 Å². The molecule has 13 aromatic rings. The molecule has 0 aliphatic carbocycles. The third-order valence-corrected chi connectivity index (χ3v) is 14.5. The lowest BCUT2D eigenvalue weighted by Gasteiger charge is -2.27. The molecule has 3 heteroatoms. The molecule has 11 aromatic carbocycles. The van der Waals surface area contributed by atoms with Crippen molar-refractivity contribution >= 4 is 81.3 Å². The number of benzene rings is 11. The van der Waals surface area contributed by atoms with Gasteiger partial charge in [-0.1, -0.05) is 194 Å². The van der Waals surface area contributed by atoms with E-state index in [1.165, 1.54) is 58.8 Å². The summed E-state index contributed by atoms with van der Waals surface area (Å²) in [6, 6.07) is 90.0. The zero-order chi connectivity index (χ0) is 44.3. The minimum absolute atomic E-state index is 0.858. The zero-order valence-corrected chi connectivity index (χ0v) is 37.3. The number of fused-ring (bicyclic) bond motifs is 7. The predicted molar refractivity (Wildman–Crippen MR) is 286 cm³/mol. The first-order chi connectivity index (χ1) is 33.2. The third-order valence-electron chi connectivity index (χ3n) is 13.3. The van der Waals surface area contributed by atoms with Crippen LogP contribution in [0.15, 0.2) is 253 Å². The summed E-state index contributed by atoms with van der Waals surface area (Å²) in [6.45, 7) is 0. The van der Waals surface area contributed by atoms with Gasteiger partial charge in [0.25, 0.3) is 0 Å². The van der Waals surface area contributed by atoms with Crippen LogP contribution in [0.25, 0.3) is 109 Å². The fourth-order valence-electron chi connectivity index (χ4n) is 9.91. The summed E-state index contributed by atoms with van der Waals surface area (Å²) in [6.07, 6.45) is 0. The normalized spacial score (nSPS) is 11.6. The largest absolute Gasteiger partial charge is 0.455 e. The van der Waals surface area contributed by atoms with Crippen LogP contribution in [-0.2, 0) is 0 Å². The molecule has 0 saturated heterocycles. The lowest BCUT2D eigenvalue weighted by molar-refractivity contribution is 0.670. The van der Waals surface area contributed by atoms with Crippen molar-refractivity contribution in [2.24, 2.45) is 0 Å². The molecule has 0 saturated carbocycles. The lowest BCUT2D eigenvalue weighted by atomic mass is 9.97. The lowest BCUT2D eigenvalue weighted by Crippen LogP contribution is -2.10. The number of anilines is 3. The van der Waals surface area contributed by atoms with Gasteiger partial charge in [-0.2, -0.15) is 0 Å². The maximum atomic E-state index is 7.07. The first kappa shape index (κ1) is 38.9. The van der Waals surface area contributed by atoms with Crippen LogP contribution in [0, 0.1) is 0 Å². The molecule has 2 nitrogen and oxygen atoms in total. The van der Waals surface area contributed by atoms with E-state index in [0.29, 0.717) is 0 Å². The zero-order valence-electron chi connectivity index (χ0n) is 36.4. The SMILES string of the molecule is c1ccc(-c2ccc3c(c2)oc2c(-c4ccccc4)ccc(N(c4ccc(-c5ccc(-c6ccc7ccccc7c6)cc5)cc4)c4cccc5c4sc4cc(-c6ccccc6)ccc45)c23)cc1.